The second kappa shape index (κ2) is 10.4. The van der Waals surface area contributed by atoms with Crippen LogP contribution in [0.25, 0.3) is 0 Å². The predicted molar refractivity (Wildman–Crippen MR) is 98.1 cm³/mol. The lowest BCUT2D eigenvalue weighted by molar-refractivity contribution is -0.127. The summed E-state index contributed by atoms with van der Waals surface area (Å²) in [6.45, 7) is 4.65. The van der Waals surface area contributed by atoms with Crippen LogP contribution in [-0.4, -0.2) is 64.5 Å². The van der Waals surface area contributed by atoms with E-state index in [1.807, 2.05) is 0 Å². The number of carbonyl (C=O) groups is 3. The van der Waals surface area contributed by atoms with Crippen LogP contribution < -0.4 is 10.6 Å². The number of nitrogens with zero attached hydrogens (tertiary/aromatic N) is 1. The second-order valence-electron chi connectivity index (χ2n) is 6.81. The van der Waals surface area contributed by atoms with Gasteiger partial charge in [0.25, 0.3) is 0 Å². The summed E-state index contributed by atoms with van der Waals surface area (Å²) in [5.41, 5.74) is 0.0621. The molecule has 0 bridgehead atoms. The summed E-state index contributed by atoms with van der Waals surface area (Å²) in [6, 6.07) is 7.50. The molecule has 0 fully saturated rings. The van der Waals surface area contributed by atoms with Crippen LogP contribution >= 0.6 is 0 Å². The molecule has 0 saturated heterocycles. The number of hydrogen-bond donors (Lipinski definition) is 4. The smallest absolute Gasteiger partial charge is 0.408 e. The molecule has 0 saturated carbocycles. The molecule has 0 aliphatic heterocycles. The molecule has 27 heavy (non-hydrogen) atoms. The minimum absolute atomic E-state index is 0.0367. The van der Waals surface area contributed by atoms with Crippen molar-refractivity contribution >= 4 is 18.1 Å². The molecule has 9 nitrogen and oxygen atoms in total. The zero-order chi connectivity index (χ0) is 20.4. The van der Waals surface area contributed by atoms with E-state index in [1.54, 1.807) is 51.1 Å². The van der Waals surface area contributed by atoms with Crippen molar-refractivity contribution in [3.63, 3.8) is 0 Å². The maximum absolute atomic E-state index is 12.3. The van der Waals surface area contributed by atoms with Crippen molar-refractivity contribution in [3.8, 4) is 0 Å². The zero-order valence-corrected chi connectivity index (χ0v) is 15.8. The maximum Gasteiger partial charge on any atom is 0.408 e. The number of alkyl carbamates (subject to hydrolysis) is 1. The third kappa shape index (κ3) is 8.41. The molecule has 0 aromatic heterocycles. The van der Waals surface area contributed by atoms with Crippen LogP contribution in [-0.2, 0) is 16.1 Å². The Balaban J connectivity index is 2.56. The largest absolute Gasteiger partial charge is 0.465 e. The van der Waals surface area contributed by atoms with Crippen molar-refractivity contribution in [1.82, 2.24) is 15.5 Å². The molecule has 0 aliphatic carbocycles. The van der Waals surface area contributed by atoms with Crippen LogP contribution in [0.1, 0.15) is 26.3 Å². The molecule has 0 unspecified atom stereocenters. The maximum atomic E-state index is 12.3. The molecule has 0 aliphatic rings. The number of carboxylic acid groups (broad SMARTS) is 1. The highest BCUT2D eigenvalue weighted by atomic mass is 16.6. The average molecular weight is 381 g/mol. The van der Waals surface area contributed by atoms with Gasteiger partial charge in [-0.25, -0.2) is 9.59 Å². The SMILES string of the molecule is CC(C)(C)OC(=O)NCCNC(=O)[C@H](CO)N(Cc1ccccc1)C(=O)O. The van der Waals surface area contributed by atoms with E-state index in [1.165, 1.54) is 0 Å². The third-order valence-corrected chi connectivity index (χ3v) is 3.39. The first-order chi connectivity index (χ1) is 12.6. The van der Waals surface area contributed by atoms with Crippen LogP contribution in [0.15, 0.2) is 30.3 Å². The molecule has 1 rings (SSSR count). The minimum Gasteiger partial charge on any atom is -0.465 e. The number of rotatable bonds is 8. The summed E-state index contributed by atoms with van der Waals surface area (Å²) in [7, 11) is 0. The third-order valence-electron chi connectivity index (χ3n) is 3.39. The van der Waals surface area contributed by atoms with Crippen LogP contribution in [0, 0.1) is 0 Å². The Kier molecular flexibility index (Phi) is 8.53. The highest BCUT2D eigenvalue weighted by Gasteiger charge is 2.29. The van der Waals surface area contributed by atoms with Crippen molar-refractivity contribution in [2.45, 2.75) is 39.0 Å². The zero-order valence-electron chi connectivity index (χ0n) is 15.8. The quantitative estimate of drug-likeness (QED) is 0.501. The fourth-order valence-electron chi connectivity index (χ4n) is 2.20. The number of carbonyl (C=O) groups excluding carboxylic acids is 2. The van der Waals surface area contributed by atoms with Gasteiger partial charge in [0, 0.05) is 19.6 Å². The van der Waals surface area contributed by atoms with E-state index >= 15 is 0 Å². The number of nitrogens with one attached hydrogen (secondary N) is 2. The summed E-state index contributed by atoms with van der Waals surface area (Å²) in [4.78, 5) is 36.2. The monoisotopic (exact) mass is 381 g/mol. The summed E-state index contributed by atoms with van der Waals surface area (Å²) < 4.78 is 5.06. The highest BCUT2D eigenvalue weighted by molar-refractivity contribution is 5.85. The van der Waals surface area contributed by atoms with Gasteiger partial charge in [-0.1, -0.05) is 30.3 Å². The second-order valence-corrected chi connectivity index (χ2v) is 6.81. The molecule has 150 valence electrons. The molecule has 0 heterocycles. The average Bonchev–Trinajstić information content (AvgIpc) is 2.57. The van der Waals surface area contributed by atoms with Crippen molar-refractivity contribution < 1.29 is 29.3 Å². The first-order valence-corrected chi connectivity index (χ1v) is 8.53. The molecule has 9 heteroatoms. The molecule has 1 aromatic rings. The van der Waals surface area contributed by atoms with Gasteiger partial charge >= 0.3 is 12.2 Å². The lowest BCUT2D eigenvalue weighted by atomic mass is 10.1. The van der Waals surface area contributed by atoms with E-state index in [-0.39, 0.29) is 19.6 Å². The summed E-state index contributed by atoms with van der Waals surface area (Å²) >= 11 is 0. The van der Waals surface area contributed by atoms with E-state index in [9.17, 15) is 24.6 Å². The van der Waals surface area contributed by atoms with Gasteiger partial charge in [0.05, 0.1) is 6.61 Å². The summed E-state index contributed by atoms with van der Waals surface area (Å²) in [5, 5.41) is 23.9. The number of ether oxygens (including phenoxy) is 1. The van der Waals surface area contributed by atoms with E-state index in [0.29, 0.717) is 5.56 Å². The summed E-state index contributed by atoms with van der Waals surface area (Å²) in [5.74, 6) is -0.651. The predicted octanol–water partition coefficient (Wildman–Crippen LogP) is 1.17. The topological polar surface area (TPSA) is 128 Å². The number of hydrogen-bond acceptors (Lipinski definition) is 5. The number of aliphatic hydroxyl groups excluding tert-OH is 1. The van der Waals surface area contributed by atoms with E-state index in [0.717, 1.165) is 4.90 Å². The fourth-order valence-corrected chi connectivity index (χ4v) is 2.20. The van der Waals surface area contributed by atoms with Crippen molar-refractivity contribution in [3.05, 3.63) is 35.9 Å². The molecule has 3 amide bonds. The van der Waals surface area contributed by atoms with E-state index in [2.05, 4.69) is 10.6 Å². The standard InChI is InChI=1S/C18H27N3O6/c1-18(2,3)27-16(24)20-10-9-19-15(23)14(12-22)21(17(25)26)11-13-7-5-4-6-8-13/h4-8,14,22H,9-12H2,1-3H3,(H,19,23)(H,20,24)(H,25,26)/t14-/m0/s1. The molecule has 1 aromatic carbocycles. The Morgan fingerprint density at radius 2 is 1.70 bits per heavy atom. The van der Waals surface area contributed by atoms with Gasteiger partial charge in [-0.15, -0.1) is 0 Å². The van der Waals surface area contributed by atoms with Crippen molar-refractivity contribution in [2.75, 3.05) is 19.7 Å². The minimum atomic E-state index is -1.32. The lowest BCUT2D eigenvalue weighted by Gasteiger charge is -2.27. The van der Waals surface area contributed by atoms with Gasteiger partial charge in [0.2, 0.25) is 5.91 Å². The van der Waals surface area contributed by atoms with Crippen LogP contribution in [0.2, 0.25) is 0 Å². The van der Waals surface area contributed by atoms with Gasteiger partial charge in [0.15, 0.2) is 0 Å². The van der Waals surface area contributed by atoms with Crippen molar-refractivity contribution in [2.24, 2.45) is 0 Å². The van der Waals surface area contributed by atoms with Crippen molar-refractivity contribution in [1.29, 1.82) is 0 Å². The van der Waals surface area contributed by atoms with Gasteiger partial charge in [-0.05, 0) is 26.3 Å². The van der Waals surface area contributed by atoms with Crippen LogP contribution in [0.4, 0.5) is 9.59 Å². The number of amides is 3. The first kappa shape index (κ1) is 22.2. The molecule has 4 N–H and O–H groups in total. The molecular formula is C18H27N3O6. The number of aliphatic hydroxyl groups is 1. The highest BCUT2D eigenvalue weighted by Crippen LogP contribution is 2.09. The molecule has 1 atom stereocenters. The normalized spacial score (nSPS) is 12.0. The van der Waals surface area contributed by atoms with Crippen LogP contribution in [0.3, 0.4) is 0 Å². The molecule has 0 spiro atoms. The van der Waals surface area contributed by atoms with E-state index < -0.39 is 36.3 Å². The fraction of sp³-hybridized carbons (Fsp3) is 0.500. The van der Waals surface area contributed by atoms with Gasteiger partial charge in [0.1, 0.15) is 11.6 Å². The molecular weight excluding hydrogens is 354 g/mol. The number of benzene rings is 1. The Hall–Kier alpha value is -2.81. The molecule has 0 radical (unpaired) electrons. The van der Waals surface area contributed by atoms with Gasteiger partial charge in [-0.3, -0.25) is 9.69 Å². The van der Waals surface area contributed by atoms with E-state index in [4.69, 9.17) is 4.74 Å². The lowest BCUT2D eigenvalue weighted by Crippen LogP contribution is -2.51. The van der Waals surface area contributed by atoms with Gasteiger partial charge < -0.3 is 25.6 Å². The Bertz CT molecular complexity index is 630. The van der Waals surface area contributed by atoms with Gasteiger partial charge in [-0.2, -0.15) is 0 Å². The Morgan fingerprint density at radius 3 is 2.22 bits per heavy atom. The Morgan fingerprint density at radius 1 is 1.11 bits per heavy atom. The Labute approximate surface area is 158 Å². The van der Waals surface area contributed by atoms with Crippen LogP contribution in [0.5, 0.6) is 0 Å². The summed E-state index contributed by atoms with van der Waals surface area (Å²) in [6.07, 6.45) is -1.94. The first-order valence-electron chi connectivity index (χ1n) is 8.53.